The van der Waals surface area contributed by atoms with Gasteiger partial charge in [-0.15, -0.1) is 0 Å². The lowest BCUT2D eigenvalue weighted by Crippen LogP contribution is -2.44. The second kappa shape index (κ2) is 9.96. The monoisotopic (exact) mass is 412 g/mol. The highest BCUT2D eigenvalue weighted by molar-refractivity contribution is 6.30. The van der Waals surface area contributed by atoms with E-state index >= 15 is 0 Å². The van der Waals surface area contributed by atoms with Crippen molar-refractivity contribution in [2.75, 3.05) is 26.2 Å². The van der Waals surface area contributed by atoms with Crippen LogP contribution >= 0.6 is 11.6 Å². The van der Waals surface area contributed by atoms with Gasteiger partial charge in [-0.25, -0.2) is 9.18 Å². The molecule has 1 aromatic carbocycles. The van der Waals surface area contributed by atoms with E-state index in [0.29, 0.717) is 18.7 Å². The van der Waals surface area contributed by atoms with Gasteiger partial charge in [0.25, 0.3) is 0 Å². The topological polar surface area (TPSA) is 87.5 Å². The molecule has 1 aromatic rings. The number of benzene rings is 1. The highest BCUT2D eigenvalue weighted by Crippen LogP contribution is 2.36. The van der Waals surface area contributed by atoms with E-state index in [1.54, 1.807) is 17.0 Å². The van der Waals surface area contributed by atoms with Gasteiger partial charge in [-0.2, -0.15) is 0 Å². The molecule has 1 aliphatic heterocycles. The molecule has 0 aliphatic carbocycles. The Bertz CT molecular complexity index is 734. The summed E-state index contributed by atoms with van der Waals surface area (Å²) in [5.41, 5.74) is 8.18. The van der Waals surface area contributed by atoms with E-state index in [4.69, 9.17) is 26.6 Å². The van der Waals surface area contributed by atoms with Crippen molar-refractivity contribution in [3.05, 3.63) is 45.0 Å². The third-order valence-electron chi connectivity index (χ3n) is 4.38. The molecule has 154 valence electrons. The average molecular weight is 413 g/mol. The van der Waals surface area contributed by atoms with Crippen molar-refractivity contribution in [3.63, 3.8) is 0 Å². The molecule has 28 heavy (non-hydrogen) atoms. The summed E-state index contributed by atoms with van der Waals surface area (Å²) in [5, 5.41) is 3.47. The van der Waals surface area contributed by atoms with E-state index in [9.17, 15) is 9.18 Å². The van der Waals surface area contributed by atoms with Crippen LogP contribution < -0.4 is 0 Å². The molecule has 0 radical (unpaired) electrons. The number of likely N-dealkylation sites (tertiary alicyclic amines) is 1. The van der Waals surface area contributed by atoms with Gasteiger partial charge in [-0.3, -0.25) is 0 Å². The molecule has 0 bridgehead atoms. The molecule has 0 saturated carbocycles. The highest BCUT2D eigenvalue weighted by Gasteiger charge is 2.34. The van der Waals surface area contributed by atoms with Gasteiger partial charge in [0, 0.05) is 36.0 Å². The van der Waals surface area contributed by atoms with Gasteiger partial charge >= 0.3 is 6.09 Å². The number of hydrogen-bond acceptors (Lipinski definition) is 4. The number of nitrogens with zero attached hydrogens (tertiary/aromatic N) is 4. The van der Waals surface area contributed by atoms with Crippen LogP contribution in [0.1, 0.15) is 45.3 Å². The molecular weight excluding hydrogens is 387 g/mol. The normalized spacial score (nSPS) is 18.3. The number of ether oxygens (including phenoxy) is 2. The number of hydrogen-bond donors (Lipinski definition) is 0. The molecule has 1 unspecified atom stereocenters. The van der Waals surface area contributed by atoms with Crippen LogP contribution in [0.2, 0.25) is 5.02 Å². The molecule has 1 aliphatic rings. The molecule has 1 amide bonds. The number of carbonyl (C=O) groups is 1. The SMILES string of the molecule is CC(C)(C)OC(=O)N1CCC[C@@H](C(OCCN=[N+]=[N-])c2cccc(Cl)c2F)C1. The zero-order valence-corrected chi connectivity index (χ0v) is 17.2. The maximum absolute atomic E-state index is 14.7. The van der Waals surface area contributed by atoms with Crippen molar-refractivity contribution >= 4 is 17.7 Å². The Morgan fingerprint density at radius 3 is 2.93 bits per heavy atom. The molecule has 1 saturated heterocycles. The first kappa shape index (κ1) is 22.3. The second-order valence-corrected chi connectivity index (χ2v) is 8.12. The molecule has 1 heterocycles. The van der Waals surface area contributed by atoms with Crippen LogP contribution in [0.15, 0.2) is 23.3 Å². The summed E-state index contributed by atoms with van der Waals surface area (Å²) in [6.45, 7) is 6.68. The average Bonchev–Trinajstić information content (AvgIpc) is 2.63. The van der Waals surface area contributed by atoms with Crippen LogP contribution in [-0.2, 0) is 9.47 Å². The third-order valence-corrected chi connectivity index (χ3v) is 4.67. The van der Waals surface area contributed by atoms with Crippen LogP contribution in [0.5, 0.6) is 0 Å². The molecule has 0 aromatic heterocycles. The number of piperidine rings is 1. The summed E-state index contributed by atoms with van der Waals surface area (Å²) < 4.78 is 26.0. The zero-order chi connectivity index (χ0) is 20.7. The number of halogens is 2. The largest absolute Gasteiger partial charge is 0.444 e. The van der Waals surface area contributed by atoms with Crippen LogP contribution in [0.4, 0.5) is 9.18 Å². The molecule has 2 atom stereocenters. The fraction of sp³-hybridized carbons (Fsp3) is 0.632. The minimum Gasteiger partial charge on any atom is -0.444 e. The lowest BCUT2D eigenvalue weighted by atomic mass is 9.88. The highest BCUT2D eigenvalue weighted by atomic mass is 35.5. The summed E-state index contributed by atoms with van der Waals surface area (Å²) in [4.78, 5) is 16.8. The number of rotatable bonds is 6. The van der Waals surface area contributed by atoms with Crippen molar-refractivity contribution < 1.29 is 18.7 Å². The first-order valence-corrected chi connectivity index (χ1v) is 9.65. The minimum atomic E-state index is -0.613. The van der Waals surface area contributed by atoms with Crippen molar-refractivity contribution in [1.29, 1.82) is 0 Å². The quantitative estimate of drug-likeness (QED) is 0.267. The van der Waals surface area contributed by atoms with Gasteiger partial charge in [-0.05, 0) is 45.2 Å². The van der Waals surface area contributed by atoms with Gasteiger partial charge < -0.3 is 14.4 Å². The number of azide groups is 1. The van der Waals surface area contributed by atoms with Crippen molar-refractivity contribution in [1.82, 2.24) is 4.90 Å². The summed E-state index contributed by atoms with van der Waals surface area (Å²) in [6.07, 6.45) is 0.508. The fourth-order valence-electron chi connectivity index (χ4n) is 3.23. The summed E-state index contributed by atoms with van der Waals surface area (Å²) >= 11 is 5.95. The Morgan fingerprint density at radius 2 is 2.25 bits per heavy atom. The van der Waals surface area contributed by atoms with Crippen LogP contribution in [-0.4, -0.2) is 42.8 Å². The standard InChI is InChI=1S/C19H26ClFN4O3/c1-19(2,3)28-18(26)25-10-5-6-13(12-25)17(27-11-9-23-24-22)14-7-4-8-15(20)16(14)21/h4,7-8,13,17H,5-6,9-12H2,1-3H3/t13-,17?/m1/s1. The summed E-state index contributed by atoms with van der Waals surface area (Å²) in [7, 11) is 0. The lowest BCUT2D eigenvalue weighted by molar-refractivity contribution is -0.0245. The zero-order valence-electron chi connectivity index (χ0n) is 16.4. The van der Waals surface area contributed by atoms with Crippen LogP contribution in [0, 0.1) is 11.7 Å². The fourth-order valence-corrected chi connectivity index (χ4v) is 3.42. The van der Waals surface area contributed by atoms with E-state index in [1.165, 1.54) is 6.07 Å². The van der Waals surface area contributed by atoms with Crippen LogP contribution in [0.3, 0.4) is 0 Å². The Balaban J connectivity index is 2.20. The minimum absolute atomic E-state index is 0.0148. The lowest BCUT2D eigenvalue weighted by Gasteiger charge is -2.37. The summed E-state index contributed by atoms with van der Waals surface area (Å²) in [6, 6.07) is 4.77. The van der Waals surface area contributed by atoms with Gasteiger partial charge in [0.05, 0.1) is 17.7 Å². The molecule has 2 rings (SSSR count). The molecule has 1 fully saturated rings. The molecule has 7 nitrogen and oxygen atoms in total. The van der Waals surface area contributed by atoms with Gasteiger partial charge in [0.1, 0.15) is 11.4 Å². The summed E-state index contributed by atoms with van der Waals surface area (Å²) in [5.74, 6) is -0.673. The van der Waals surface area contributed by atoms with Gasteiger partial charge in [0.2, 0.25) is 0 Å². The van der Waals surface area contributed by atoms with Crippen LogP contribution in [0.25, 0.3) is 10.4 Å². The number of amides is 1. The Kier molecular flexibility index (Phi) is 7.92. The predicted octanol–water partition coefficient (Wildman–Crippen LogP) is 5.49. The third kappa shape index (κ3) is 6.26. The van der Waals surface area contributed by atoms with E-state index in [2.05, 4.69) is 10.0 Å². The van der Waals surface area contributed by atoms with Gasteiger partial charge in [-0.1, -0.05) is 28.8 Å². The predicted molar refractivity (Wildman–Crippen MR) is 105 cm³/mol. The maximum atomic E-state index is 14.7. The Labute approximate surface area is 169 Å². The molecule has 0 spiro atoms. The second-order valence-electron chi connectivity index (χ2n) is 7.72. The van der Waals surface area contributed by atoms with Crippen molar-refractivity contribution in [2.45, 2.75) is 45.3 Å². The maximum Gasteiger partial charge on any atom is 0.410 e. The smallest absolute Gasteiger partial charge is 0.410 e. The Morgan fingerprint density at radius 1 is 1.50 bits per heavy atom. The van der Waals surface area contributed by atoms with E-state index in [1.807, 2.05) is 20.8 Å². The first-order valence-electron chi connectivity index (χ1n) is 9.27. The molecule has 0 N–H and O–H groups in total. The van der Waals surface area contributed by atoms with E-state index in [-0.39, 0.29) is 24.1 Å². The van der Waals surface area contributed by atoms with E-state index < -0.39 is 23.6 Å². The molecular formula is C19H26ClFN4O3. The van der Waals surface area contributed by atoms with E-state index in [0.717, 1.165) is 12.8 Å². The molecule has 9 heteroatoms. The first-order chi connectivity index (χ1) is 13.2. The van der Waals surface area contributed by atoms with Crippen molar-refractivity contribution in [3.8, 4) is 0 Å². The Hall–Kier alpha value is -2.02. The van der Waals surface area contributed by atoms with Crippen molar-refractivity contribution in [2.24, 2.45) is 11.0 Å². The van der Waals surface area contributed by atoms with Gasteiger partial charge in [0.15, 0.2) is 0 Å². The number of carbonyl (C=O) groups excluding carboxylic acids is 1.